The SMILES string of the molecule is O=C1CCCC(=O)C1C(=O)c1ccc(Br)cc1Cl. The van der Waals surface area contributed by atoms with Gasteiger partial charge in [-0.1, -0.05) is 27.5 Å². The molecule has 2 rings (SSSR count). The maximum atomic E-state index is 12.2. The van der Waals surface area contributed by atoms with Crippen LogP contribution in [0.25, 0.3) is 0 Å². The third-order valence-electron chi connectivity index (χ3n) is 2.95. The summed E-state index contributed by atoms with van der Waals surface area (Å²) in [5.74, 6) is -2.23. The number of halogens is 2. The fraction of sp³-hybridized carbons (Fsp3) is 0.308. The molecule has 5 heteroatoms. The molecule has 94 valence electrons. The number of Topliss-reactive ketones (excluding diaryl/α,β-unsaturated/α-hetero) is 3. The lowest BCUT2D eigenvalue weighted by Crippen LogP contribution is -2.35. The van der Waals surface area contributed by atoms with Gasteiger partial charge in [0, 0.05) is 22.9 Å². The highest BCUT2D eigenvalue weighted by molar-refractivity contribution is 9.10. The van der Waals surface area contributed by atoms with Crippen molar-refractivity contribution in [3.63, 3.8) is 0 Å². The lowest BCUT2D eigenvalue weighted by Gasteiger charge is -2.18. The van der Waals surface area contributed by atoms with Crippen LogP contribution < -0.4 is 0 Å². The molecule has 1 saturated carbocycles. The van der Waals surface area contributed by atoms with Crippen molar-refractivity contribution in [3.8, 4) is 0 Å². The highest BCUT2D eigenvalue weighted by atomic mass is 79.9. The van der Waals surface area contributed by atoms with Crippen molar-refractivity contribution in [2.45, 2.75) is 19.3 Å². The third-order valence-corrected chi connectivity index (χ3v) is 3.76. The summed E-state index contributed by atoms with van der Waals surface area (Å²) in [7, 11) is 0. The maximum absolute atomic E-state index is 12.2. The van der Waals surface area contributed by atoms with E-state index in [9.17, 15) is 14.4 Å². The van der Waals surface area contributed by atoms with Crippen LogP contribution in [-0.4, -0.2) is 17.3 Å². The molecule has 0 atom stereocenters. The molecule has 1 aliphatic carbocycles. The molecule has 3 nitrogen and oxygen atoms in total. The molecule has 0 radical (unpaired) electrons. The van der Waals surface area contributed by atoms with Gasteiger partial charge in [-0.15, -0.1) is 0 Å². The average Bonchev–Trinajstić information content (AvgIpc) is 2.28. The minimum Gasteiger partial charge on any atom is -0.298 e. The summed E-state index contributed by atoms with van der Waals surface area (Å²) in [5.41, 5.74) is 0.230. The molecule has 0 aromatic heterocycles. The summed E-state index contributed by atoms with van der Waals surface area (Å²) < 4.78 is 0.741. The van der Waals surface area contributed by atoms with Gasteiger partial charge in [-0.3, -0.25) is 14.4 Å². The minimum absolute atomic E-state index is 0.230. The van der Waals surface area contributed by atoms with Crippen LogP contribution in [0.2, 0.25) is 5.02 Å². The molecule has 0 heterocycles. The molecular formula is C13H10BrClO3. The van der Waals surface area contributed by atoms with E-state index < -0.39 is 11.7 Å². The van der Waals surface area contributed by atoms with Crippen LogP contribution in [0.5, 0.6) is 0 Å². The number of carbonyl (C=O) groups is 3. The van der Waals surface area contributed by atoms with Crippen molar-refractivity contribution >= 4 is 44.9 Å². The van der Waals surface area contributed by atoms with Crippen LogP contribution in [0.4, 0.5) is 0 Å². The van der Waals surface area contributed by atoms with Crippen molar-refractivity contribution in [2.75, 3.05) is 0 Å². The molecule has 1 aromatic rings. The number of ketones is 3. The van der Waals surface area contributed by atoms with Gasteiger partial charge in [0.25, 0.3) is 0 Å². The first-order chi connectivity index (χ1) is 8.50. The number of carbonyl (C=O) groups excluding carboxylic acids is 3. The Morgan fingerprint density at radius 3 is 2.39 bits per heavy atom. The largest absolute Gasteiger partial charge is 0.298 e. The number of benzene rings is 1. The van der Waals surface area contributed by atoms with Gasteiger partial charge in [-0.25, -0.2) is 0 Å². The summed E-state index contributed by atoms with van der Waals surface area (Å²) >= 11 is 9.20. The molecule has 0 aliphatic heterocycles. The Balaban J connectivity index is 2.35. The number of rotatable bonds is 2. The molecule has 1 aliphatic rings. The second kappa shape index (κ2) is 5.33. The van der Waals surface area contributed by atoms with E-state index in [4.69, 9.17) is 11.6 Å². The zero-order chi connectivity index (χ0) is 13.3. The summed E-state index contributed by atoms with van der Waals surface area (Å²) in [5, 5.41) is 0.251. The molecule has 18 heavy (non-hydrogen) atoms. The van der Waals surface area contributed by atoms with E-state index in [0.29, 0.717) is 6.42 Å². The summed E-state index contributed by atoms with van der Waals surface area (Å²) in [6, 6.07) is 4.77. The molecule has 0 N–H and O–H groups in total. The molecule has 0 unspecified atom stereocenters. The minimum atomic E-state index is -1.16. The third kappa shape index (κ3) is 2.54. The van der Waals surface area contributed by atoms with Gasteiger partial charge in [0.15, 0.2) is 17.3 Å². The van der Waals surface area contributed by atoms with Crippen LogP contribution in [0.1, 0.15) is 29.6 Å². The first-order valence-electron chi connectivity index (χ1n) is 5.55. The standard InChI is InChI=1S/C13H10BrClO3/c14-7-4-5-8(9(15)6-7)13(18)12-10(16)2-1-3-11(12)17/h4-6,12H,1-3H2. The first kappa shape index (κ1) is 13.4. The molecular weight excluding hydrogens is 319 g/mol. The highest BCUT2D eigenvalue weighted by Gasteiger charge is 2.37. The Morgan fingerprint density at radius 1 is 1.22 bits per heavy atom. The summed E-state index contributed by atoms with van der Waals surface area (Å²) in [4.78, 5) is 35.6. The highest BCUT2D eigenvalue weighted by Crippen LogP contribution is 2.27. The van der Waals surface area contributed by atoms with Gasteiger partial charge in [0.2, 0.25) is 0 Å². The van der Waals surface area contributed by atoms with Crippen LogP contribution in [0, 0.1) is 5.92 Å². The Labute approximate surface area is 118 Å². The second-order valence-corrected chi connectivity index (χ2v) is 5.53. The fourth-order valence-corrected chi connectivity index (χ4v) is 2.81. The van der Waals surface area contributed by atoms with Gasteiger partial charge in [-0.2, -0.15) is 0 Å². The molecule has 0 amide bonds. The average molecular weight is 330 g/mol. The molecule has 0 bridgehead atoms. The molecule has 1 fully saturated rings. The summed E-state index contributed by atoms with van der Waals surface area (Å²) in [6.07, 6.45) is 1.11. The molecule has 0 spiro atoms. The monoisotopic (exact) mass is 328 g/mol. The van der Waals surface area contributed by atoms with Crippen molar-refractivity contribution in [1.82, 2.24) is 0 Å². The van der Waals surface area contributed by atoms with E-state index in [1.165, 1.54) is 6.07 Å². The molecule has 0 saturated heterocycles. The number of hydrogen-bond acceptors (Lipinski definition) is 3. The Kier molecular flexibility index (Phi) is 3.97. The summed E-state index contributed by atoms with van der Waals surface area (Å²) in [6.45, 7) is 0. The lowest BCUT2D eigenvalue weighted by molar-refractivity contribution is -0.133. The maximum Gasteiger partial charge on any atom is 0.182 e. The van der Waals surface area contributed by atoms with E-state index in [1.807, 2.05) is 0 Å². The van der Waals surface area contributed by atoms with Gasteiger partial charge in [0.1, 0.15) is 5.92 Å². The van der Waals surface area contributed by atoms with E-state index in [1.54, 1.807) is 12.1 Å². The smallest absolute Gasteiger partial charge is 0.182 e. The molecule has 1 aromatic carbocycles. The van der Waals surface area contributed by atoms with Gasteiger partial charge >= 0.3 is 0 Å². The van der Waals surface area contributed by atoms with Gasteiger partial charge < -0.3 is 0 Å². The Morgan fingerprint density at radius 2 is 1.83 bits per heavy atom. The van der Waals surface area contributed by atoms with Crippen LogP contribution >= 0.6 is 27.5 Å². The zero-order valence-electron chi connectivity index (χ0n) is 9.41. The Bertz CT molecular complexity index is 523. The van der Waals surface area contributed by atoms with Gasteiger partial charge in [0.05, 0.1) is 5.02 Å². The van der Waals surface area contributed by atoms with Crippen LogP contribution in [0.3, 0.4) is 0 Å². The quantitative estimate of drug-likeness (QED) is 0.618. The van der Waals surface area contributed by atoms with Crippen molar-refractivity contribution in [2.24, 2.45) is 5.92 Å². The van der Waals surface area contributed by atoms with E-state index >= 15 is 0 Å². The second-order valence-electron chi connectivity index (χ2n) is 4.21. The van der Waals surface area contributed by atoms with Crippen LogP contribution in [0.15, 0.2) is 22.7 Å². The topological polar surface area (TPSA) is 51.2 Å². The van der Waals surface area contributed by atoms with Crippen molar-refractivity contribution in [1.29, 1.82) is 0 Å². The fourth-order valence-electron chi connectivity index (χ4n) is 2.04. The predicted molar refractivity (Wildman–Crippen MR) is 70.8 cm³/mol. The first-order valence-corrected chi connectivity index (χ1v) is 6.72. The van der Waals surface area contributed by atoms with Crippen molar-refractivity contribution in [3.05, 3.63) is 33.3 Å². The predicted octanol–water partition coefficient (Wildman–Crippen LogP) is 3.22. The van der Waals surface area contributed by atoms with E-state index in [2.05, 4.69) is 15.9 Å². The van der Waals surface area contributed by atoms with E-state index in [0.717, 1.165) is 4.47 Å². The normalized spacial score (nSPS) is 17.0. The van der Waals surface area contributed by atoms with Crippen molar-refractivity contribution < 1.29 is 14.4 Å². The van der Waals surface area contributed by atoms with Crippen LogP contribution in [-0.2, 0) is 9.59 Å². The number of hydrogen-bond donors (Lipinski definition) is 0. The Hall–Kier alpha value is -1.000. The van der Waals surface area contributed by atoms with Gasteiger partial charge in [-0.05, 0) is 24.6 Å². The lowest BCUT2D eigenvalue weighted by atomic mass is 9.82. The zero-order valence-corrected chi connectivity index (χ0v) is 11.8. The van der Waals surface area contributed by atoms with E-state index in [-0.39, 0.29) is 35.0 Å².